The van der Waals surface area contributed by atoms with E-state index in [4.69, 9.17) is 5.73 Å². The molecular weight excluding hydrogens is 226 g/mol. The standard InChI is InChI=1S/C14H23N3O/c1-5-14(2,10-15)16-13(18)11-6-8-12(9-7-11)17(3)4/h6-9H,5,10,15H2,1-4H3,(H,16,18). The first kappa shape index (κ1) is 14.5. The zero-order chi connectivity index (χ0) is 13.8. The van der Waals surface area contributed by atoms with Crippen LogP contribution < -0.4 is 16.0 Å². The normalized spacial score (nSPS) is 13.8. The lowest BCUT2D eigenvalue weighted by Gasteiger charge is -2.28. The van der Waals surface area contributed by atoms with Crippen molar-refractivity contribution >= 4 is 11.6 Å². The van der Waals surface area contributed by atoms with Gasteiger partial charge in [0.25, 0.3) is 5.91 Å². The van der Waals surface area contributed by atoms with E-state index in [0.717, 1.165) is 12.1 Å². The number of nitrogens with two attached hydrogens (primary N) is 1. The van der Waals surface area contributed by atoms with Gasteiger partial charge in [0.1, 0.15) is 0 Å². The molecule has 1 amide bonds. The zero-order valence-electron chi connectivity index (χ0n) is 11.7. The summed E-state index contributed by atoms with van der Waals surface area (Å²) in [4.78, 5) is 14.1. The first-order valence-electron chi connectivity index (χ1n) is 6.22. The van der Waals surface area contributed by atoms with Crippen molar-refractivity contribution in [2.24, 2.45) is 5.73 Å². The van der Waals surface area contributed by atoms with E-state index < -0.39 is 0 Å². The lowest BCUT2D eigenvalue weighted by Crippen LogP contribution is -2.50. The molecule has 100 valence electrons. The molecule has 4 heteroatoms. The number of hydrogen-bond donors (Lipinski definition) is 2. The van der Waals surface area contributed by atoms with Crippen molar-refractivity contribution in [3.05, 3.63) is 29.8 Å². The van der Waals surface area contributed by atoms with Gasteiger partial charge in [0.2, 0.25) is 0 Å². The monoisotopic (exact) mass is 249 g/mol. The SMILES string of the molecule is CCC(C)(CN)NC(=O)c1ccc(N(C)C)cc1. The molecule has 0 saturated heterocycles. The molecule has 0 bridgehead atoms. The van der Waals surface area contributed by atoms with E-state index in [1.807, 2.05) is 57.1 Å². The Morgan fingerprint density at radius 1 is 1.33 bits per heavy atom. The van der Waals surface area contributed by atoms with Crippen LogP contribution in [0, 0.1) is 0 Å². The quantitative estimate of drug-likeness (QED) is 0.833. The topological polar surface area (TPSA) is 58.4 Å². The Kier molecular flexibility index (Phi) is 4.73. The number of anilines is 1. The summed E-state index contributed by atoms with van der Waals surface area (Å²) in [5.41, 5.74) is 7.08. The highest BCUT2D eigenvalue weighted by Gasteiger charge is 2.22. The van der Waals surface area contributed by atoms with Crippen LogP contribution in [0.5, 0.6) is 0 Å². The van der Waals surface area contributed by atoms with Crippen molar-refractivity contribution in [3.8, 4) is 0 Å². The Balaban J connectivity index is 2.79. The Morgan fingerprint density at radius 2 is 1.89 bits per heavy atom. The van der Waals surface area contributed by atoms with E-state index in [9.17, 15) is 4.79 Å². The van der Waals surface area contributed by atoms with Crippen molar-refractivity contribution in [3.63, 3.8) is 0 Å². The van der Waals surface area contributed by atoms with E-state index in [1.54, 1.807) is 0 Å². The molecule has 3 N–H and O–H groups in total. The fraction of sp³-hybridized carbons (Fsp3) is 0.500. The van der Waals surface area contributed by atoms with E-state index >= 15 is 0 Å². The summed E-state index contributed by atoms with van der Waals surface area (Å²) in [7, 11) is 3.94. The average molecular weight is 249 g/mol. The molecule has 0 aliphatic heterocycles. The predicted molar refractivity (Wildman–Crippen MR) is 76.0 cm³/mol. The van der Waals surface area contributed by atoms with E-state index in [-0.39, 0.29) is 11.4 Å². The highest BCUT2D eigenvalue weighted by molar-refractivity contribution is 5.95. The molecule has 0 aliphatic carbocycles. The molecule has 1 rings (SSSR count). The minimum atomic E-state index is -0.336. The van der Waals surface area contributed by atoms with Crippen LogP contribution in [0.15, 0.2) is 24.3 Å². The molecule has 1 aromatic rings. The van der Waals surface area contributed by atoms with Crippen LogP contribution >= 0.6 is 0 Å². The summed E-state index contributed by atoms with van der Waals surface area (Å²) in [5, 5.41) is 2.98. The number of rotatable bonds is 5. The molecule has 0 spiro atoms. The Morgan fingerprint density at radius 3 is 2.28 bits per heavy atom. The largest absolute Gasteiger partial charge is 0.378 e. The maximum atomic E-state index is 12.1. The van der Waals surface area contributed by atoms with Gasteiger partial charge in [-0.05, 0) is 37.6 Å². The third-order valence-corrected chi connectivity index (χ3v) is 3.29. The molecule has 0 heterocycles. The summed E-state index contributed by atoms with van der Waals surface area (Å²) in [6, 6.07) is 7.52. The van der Waals surface area contributed by atoms with Gasteiger partial charge in [0.05, 0.1) is 0 Å². The number of carbonyl (C=O) groups excluding carboxylic acids is 1. The van der Waals surface area contributed by atoms with Crippen molar-refractivity contribution in [1.82, 2.24) is 5.32 Å². The minimum Gasteiger partial charge on any atom is -0.378 e. The minimum absolute atomic E-state index is 0.0740. The maximum Gasteiger partial charge on any atom is 0.251 e. The molecule has 0 aliphatic rings. The van der Waals surface area contributed by atoms with Crippen LogP contribution in [0.25, 0.3) is 0 Å². The van der Waals surface area contributed by atoms with Crippen LogP contribution in [-0.2, 0) is 0 Å². The van der Waals surface area contributed by atoms with Crippen LogP contribution in [0.4, 0.5) is 5.69 Å². The van der Waals surface area contributed by atoms with Crippen LogP contribution in [0.3, 0.4) is 0 Å². The highest BCUT2D eigenvalue weighted by atomic mass is 16.1. The number of hydrogen-bond acceptors (Lipinski definition) is 3. The van der Waals surface area contributed by atoms with Gasteiger partial charge in [-0.1, -0.05) is 6.92 Å². The second-order valence-electron chi connectivity index (χ2n) is 5.01. The summed E-state index contributed by atoms with van der Waals surface area (Å²) < 4.78 is 0. The first-order valence-corrected chi connectivity index (χ1v) is 6.22. The predicted octanol–water partition coefficient (Wildman–Crippen LogP) is 1.61. The van der Waals surface area contributed by atoms with Crippen LogP contribution in [0.2, 0.25) is 0 Å². The third-order valence-electron chi connectivity index (χ3n) is 3.29. The first-order chi connectivity index (χ1) is 8.41. The molecule has 0 aromatic heterocycles. The molecule has 0 radical (unpaired) electrons. The number of nitrogens with zero attached hydrogens (tertiary/aromatic N) is 1. The molecule has 4 nitrogen and oxygen atoms in total. The molecule has 1 unspecified atom stereocenters. The number of benzene rings is 1. The van der Waals surface area contributed by atoms with Gasteiger partial charge >= 0.3 is 0 Å². The molecular formula is C14H23N3O. The second kappa shape index (κ2) is 5.87. The Hall–Kier alpha value is -1.55. The molecule has 1 aromatic carbocycles. The smallest absolute Gasteiger partial charge is 0.251 e. The van der Waals surface area contributed by atoms with Crippen LogP contribution in [0.1, 0.15) is 30.6 Å². The average Bonchev–Trinajstić information content (AvgIpc) is 2.38. The lowest BCUT2D eigenvalue weighted by molar-refractivity contribution is 0.0906. The highest BCUT2D eigenvalue weighted by Crippen LogP contribution is 2.14. The fourth-order valence-corrected chi connectivity index (χ4v) is 1.54. The van der Waals surface area contributed by atoms with Gasteiger partial charge in [-0.3, -0.25) is 4.79 Å². The van der Waals surface area contributed by atoms with E-state index in [0.29, 0.717) is 12.1 Å². The van der Waals surface area contributed by atoms with Crippen molar-refractivity contribution in [2.45, 2.75) is 25.8 Å². The van der Waals surface area contributed by atoms with Gasteiger partial charge in [-0.2, -0.15) is 0 Å². The van der Waals surface area contributed by atoms with Gasteiger partial charge in [0, 0.05) is 37.4 Å². The summed E-state index contributed by atoms with van der Waals surface area (Å²) >= 11 is 0. The summed E-state index contributed by atoms with van der Waals surface area (Å²) in [6.45, 7) is 4.41. The number of carbonyl (C=O) groups is 1. The zero-order valence-corrected chi connectivity index (χ0v) is 11.7. The third kappa shape index (κ3) is 3.47. The van der Waals surface area contributed by atoms with Crippen molar-refractivity contribution in [2.75, 3.05) is 25.5 Å². The Bertz CT molecular complexity index is 394. The number of nitrogens with one attached hydrogen (secondary N) is 1. The molecule has 18 heavy (non-hydrogen) atoms. The lowest BCUT2D eigenvalue weighted by atomic mass is 9.98. The summed E-state index contributed by atoms with van der Waals surface area (Å²) in [5.74, 6) is -0.0740. The van der Waals surface area contributed by atoms with Crippen LogP contribution in [-0.4, -0.2) is 32.1 Å². The van der Waals surface area contributed by atoms with Gasteiger partial charge in [-0.25, -0.2) is 0 Å². The van der Waals surface area contributed by atoms with Gasteiger partial charge < -0.3 is 16.0 Å². The molecule has 0 fully saturated rings. The number of amides is 1. The second-order valence-corrected chi connectivity index (χ2v) is 5.01. The molecule has 1 atom stereocenters. The maximum absolute atomic E-state index is 12.1. The van der Waals surface area contributed by atoms with Crippen molar-refractivity contribution < 1.29 is 4.79 Å². The van der Waals surface area contributed by atoms with E-state index in [2.05, 4.69) is 5.32 Å². The fourth-order valence-electron chi connectivity index (χ4n) is 1.54. The summed E-state index contributed by atoms with van der Waals surface area (Å²) in [6.07, 6.45) is 0.811. The van der Waals surface area contributed by atoms with Gasteiger partial charge in [0.15, 0.2) is 0 Å². The van der Waals surface area contributed by atoms with Crippen molar-refractivity contribution in [1.29, 1.82) is 0 Å². The Labute approximate surface area is 109 Å². The molecule has 0 saturated carbocycles. The van der Waals surface area contributed by atoms with Gasteiger partial charge in [-0.15, -0.1) is 0 Å². The van der Waals surface area contributed by atoms with E-state index in [1.165, 1.54) is 0 Å².